The summed E-state index contributed by atoms with van der Waals surface area (Å²) in [6.45, 7) is 1.03. The zero-order valence-electron chi connectivity index (χ0n) is 13.2. The number of methoxy groups -OCH3 is 2. The van der Waals surface area contributed by atoms with E-state index in [0.29, 0.717) is 36.8 Å². The van der Waals surface area contributed by atoms with E-state index in [4.69, 9.17) is 14.6 Å². The van der Waals surface area contributed by atoms with Gasteiger partial charge in [0.15, 0.2) is 0 Å². The Labute approximate surface area is 134 Å². The minimum atomic E-state index is -0.364. The van der Waals surface area contributed by atoms with E-state index < -0.39 is 0 Å². The van der Waals surface area contributed by atoms with Crippen LogP contribution in [0.4, 0.5) is 10.5 Å². The molecule has 1 aliphatic heterocycles. The molecule has 0 spiro atoms. The Morgan fingerprint density at radius 3 is 2.39 bits per heavy atom. The first-order valence-electron chi connectivity index (χ1n) is 7.25. The van der Waals surface area contributed by atoms with Crippen molar-refractivity contribution in [2.24, 2.45) is 0 Å². The number of carbonyl (C=O) groups is 2. The topological polar surface area (TPSA) is 91.3 Å². The number of hydrogen-bond acceptors (Lipinski definition) is 5. The third-order valence-electron chi connectivity index (χ3n) is 3.58. The number of aliphatic hydroxyl groups excluding tert-OH is 1. The number of nitrogens with one attached hydrogen (secondary N) is 1. The second-order valence-electron chi connectivity index (χ2n) is 5.06. The molecule has 23 heavy (non-hydrogen) atoms. The van der Waals surface area contributed by atoms with Gasteiger partial charge in [-0.15, -0.1) is 0 Å². The van der Waals surface area contributed by atoms with Crippen LogP contribution in [0.5, 0.6) is 11.5 Å². The van der Waals surface area contributed by atoms with Crippen molar-refractivity contribution in [1.29, 1.82) is 0 Å². The van der Waals surface area contributed by atoms with Crippen molar-refractivity contribution in [3.63, 3.8) is 0 Å². The van der Waals surface area contributed by atoms with Crippen LogP contribution in [-0.4, -0.2) is 73.9 Å². The van der Waals surface area contributed by atoms with Crippen LogP contribution >= 0.6 is 0 Å². The lowest BCUT2D eigenvalue weighted by Crippen LogP contribution is -2.53. The molecule has 1 aromatic rings. The van der Waals surface area contributed by atoms with Crippen molar-refractivity contribution in [2.45, 2.75) is 0 Å². The predicted octanol–water partition coefficient (Wildman–Crippen LogP) is 0.372. The quantitative estimate of drug-likeness (QED) is 0.817. The highest BCUT2D eigenvalue weighted by Crippen LogP contribution is 2.26. The van der Waals surface area contributed by atoms with Crippen LogP contribution in [0.25, 0.3) is 0 Å². The Bertz CT molecular complexity index is 556. The first kappa shape index (κ1) is 16.9. The molecule has 0 aliphatic carbocycles. The first-order valence-corrected chi connectivity index (χ1v) is 7.25. The van der Waals surface area contributed by atoms with Gasteiger partial charge in [-0.2, -0.15) is 0 Å². The molecule has 1 fully saturated rings. The number of anilines is 1. The second-order valence-corrected chi connectivity index (χ2v) is 5.06. The molecule has 8 heteroatoms. The normalized spacial score (nSPS) is 14.7. The average molecular weight is 323 g/mol. The highest BCUT2D eigenvalue weighted by atomic mass is 16.5. The Morgan fingerprint density at radius 1 is 1.22 bits per heavy atom. The molecule has 0 atom stereocenters. The zero-order valence-corrected chi connectivity index (χ0v) is 13.2. The summed E-state index contributed by atoms with van der Waals surface area (Å²) in [6, 6.07) is 4.68. The van der Waals surface area contributed by atoms with Gasteiger partial charge < -0.3 is 29.7 Å². The lowest BCUT2D eigenvalue weighted by molar-refractivity contribution is -0.135. The number of nitrogens with zero attached hydrogens (tertiary/aromatic N) is 2. The summed E-state index contributed by atoms with van der Waals surface area (Å²) >= 11 is 0. The standard InChI is InChI=1S/C15H21N3O5/c1-22-12-7-11(8-13(9-12)23-2)16-15(21)18-4-3-17(5-6-19)14(20)10-18/h7-9,19H,3-6,10H2,1-2H3,(H,16,21). The number of urea groups is 1. The molecule has 2 rings (SSSR count). The van der Waals surface area contributed by atoms with Gasteiger partial charge in [-0.25, -0.2) is 4.79 Å². The predicted molar refractivity (Wildman–Crippen MR) is 83.8 cm³/mol. The number of hydrogen-bond donors (Lipinski definition) is 2. The number of amides is 3. The molecule has 1 aliphatic rings. The maximum absolute atomic E-state index is 12.3. The number of piperazine rings is 1. The van der Waals surface area contributed by atoms with Gasteiger partial charge in [-0.3, -0.25) is 4.79 Å². The smallest absolute Gasteiger partial charge is 0.322 e. The van der Waals surface area contributed by atoms with Gasteiger partial charge in [0.2, 0.25) is 5.91 Å². The largest absolute Gasteiger partial charge is 0.497 e. The van der Waals surface area contributed by atoms with E-state index in [1.165, 1.54) is 19.1 Å². The van der Waals surface area contributed by atoms with E-state index >= 15 is 0 Å². The Kier molecular flexibility index (Phi) is 5.64. The third kappa shape index (κ3) is 4.26. The van der Waals surface area contributed by atoms with Crippen molar-refractivity contribution in [1.82, 2.24) is 9.80 Å². The molecular formula is C15H21N3O5. The van der Waals surface area contributed by atoms with Crippen molar-refractivity contribution in [3.05, 3.63) is 18.2 Å². The summed E-state index contributed by atoms with van der Waals surface area (Å²) in [5, 5.41) is 11.6. The van der Waals surface area contributed by atoms with Crippen LogP contribution < -0.4 is 14.8 Å². The van der Waals surface area contributed by atoms with Crippen molar-refractivity contribution >= 4 is 17.6 Å². The lowest BCUT2D eigenvalue weighted by Gasteiger charge is -2.33. The van der Waals surface area contributed by atoms with Crippen LogP contribution in [0.2, 0.25) is 0 Å². The molecule has 3 amide bonds. The van der Waals surface area contributed by atoms with E-state index in [2.05, 4.69) is 5.32 Å². The van der Waals surface area contributed by atoms with Gasteiger partial charge in [0.1, 0.15) is 18.0 Å². The number of β-amino-alcohol motifs (C(OH)–C–C–N with tert-alkyl or cyclic N) is 1. The Balaban J connectivity index is 2.01. The molecule has 0 unspecified atom stereocenters. The minimum absolute atomic E-state index is 0.00701. The molecule has 2 N–H and O–H groups in total. The number of rotatable bonds is 5. The number of ether oxygens (including phenoxy) is 2. The van der Waals surface area contributed by atoms with Crippen molar-refractivity contribution in [2.75, 3.05) is 52.3 Å². The van der Waals surface area contributed by atoms with Crippen LogP contribution in [0.1, 0.15) is 0 Å². The van der Waals surface area contributed by atoms with Crippen LogP contribution in [0.15, 0.2) is 18.2 Å². The Hall–Kier alpha value is -2.48. The summed E-state index contributed by atoms with van der Waals surface area (Å²) in [7, 11) is 3.05. The second kappa shape index (κ2) is 7.68. The first-order chi connectivity index (χ1) is 11.1. The summed E-state index contributed by atoms with van der Waals surface area (Å²) in [4.78, 5) is 27.2. The SMILES string of the molecule is COc1cc(NC(=O)N2CCN(CCO)C(=O)C2)cc(OC)c1. The fourth-order valence-corrected chi connectivity index (χ4v) is 2.32. The van der Waals surface area contributed by atoms with Crippen LogP contribution in [0.3, 0.4) is 0 Å². The van der Waals surface area contributed by atoms with E-state index in [1.807, 2.05) is 0 Å². The van der Waals surface area contributed by atoms with Gasteiger partial charge in [0, 0.05) is 43.5 Å². The molecule has 1 heterocycles. The Morgan fingerprint density at radius 2 is 1.87 bits per heavy atom. The van der Waals surface area contributed by atoms with Crippen molar-refractivity contribution < 1.29 is 24.2 Å². The van der Waals surface area contributed by atoms with Gasteiger partial charge in [0.25, 0.3) is 0 Å². The molecular weight excluding hydrogens is 302 g/mol. The minimum Gasteiger partial charge on any atom is -0.497 e. The summed E-state index contributed by atoms with van der Waals surface area (Å²) in [5.41, 5.74) is 0.524. The summed E-state index contributed by atoms with van der Waals surface area (Å²) in [5.74, 6) is 0.940. The molecule has 0 bridgehead atoms. The number of aliphatic hydroxyl groups is 1. The maximum Gasteiger partial charge on any atom is 0.322 e. The highest BCUT2D eigenvalue weighted by Gasteiger charge is 2.26. The molecule has 126 valence electrons. The van der Waals surface area contributed by atoms with Crippen LogP contribution in [0, 0.1) is 0 Å². The number of benzene rings is 1. The molecule has 1 aromatic carbocycles. The van der Waals surface area contributed by atoms with E-state index in [9.17, 15) is 9.59 Å². The zero-order chi connectivity index (χ0) is 16.8. The molecule has 0 radical (unpaired) electrons. The molecule has 1 saturated heterocycles. The molecule has 8 nitrogen and oxygen atoms in total. The van der Waals surface area contributed by atoms with Gasteiger partial charge >= 0.3 is 6.03 Å². The molecule has 0 saturated carbocycles. The maximum atomic E-state index is 12.3. The third-order valence-corrected chi connectivity index (χ3v) is 3.58. The fraction of sp³-hybridized carbons (Fsp3) is 0.467. The van der Waals surface area contributed by atoms with Crippen molar-refractivity contribution in [3.8, 4) is 11.5 Å². The average Bonchev–Trinajstić information content (AvgIpc) is 2.56. The van der Waals surface area contributed by atoms with E-state index in [1.54, 1.807) is 23.1 Å². The van der Waals surface area contributed by atoms with Crippen LogP contribution in [-0.2, 0) is 4.79 Å². The lowest BCUT2D eigenvalue weighted by atomic mass is 10.2. The number of carbonyl (C=O) groups excluding carboxylic acids is 2. The fourth-order valence-electron chi connectivity index (χ4n) is 2.32. The monoisotopic (exact) mass is 323 g/mol. The summed E-state index contributed by atoms with van der Waals surface area (Å²) in [6.07, 6.45) is 0. The molecule has 0 aromatic heterocycles. The summed E-state index contributed by atoms with van der Waals surface area (Å²) < 4.78 is 10.3. The van der Waals surface area contributed by atoms with E-state index in [-0.39, 0.29) is 25.1 Å². The van der Waals surface area contributed by atoms with Gasteiger partial charge in [-0.05, 0) is 0 Å². The van der Waals surface area contributed by atoms with Gasteiger partial charge in [-0.1, -0.05) is 0 Å². The van der Waals surface area contributed by atoms with E-state index in [0.717, 1.165) is 0 Å². The highest BCUT2D eigenvalue weighted by molar-refractivity contribution is 5.93. The van der Waals surface area contributed by atoms with Gasteiger partial charge in [0.05, 0.1) is 20.8 Å².